The number of carbonyl (C=O) groups is 1. The molecule has 1 N–H and O–H groups in total. The molecule has 20 heavy (non-hydrogen) atoms. The van der Waals surface area contributed by atoms with Gasteiger partial charge in [-0.15, -0.1) is 0 Å². The molecule has 0 aromatic carbocycles. The Balaban J connectivity index is 1.42. The zero-order valence-corrected chi connectivity index (χ0v) is 11.1. The van der Waals surface area contributed by atoms with E-state index < -0.39 is 5.97 Å². The highest BCUT2D eigenvalue weighted by molar-refractivity contribution is 5.86. The molecule has 5 heteroatoms. The molecular formula is C15H16N2O3. The van der Waals surface area contributed by atoms with Gasteiger partial charge in [0.05, 0.1) is 6.42 Å². The van der Waals surface area contributed by atoms with Crippen LogP contribution < -0.4 is 0 Å². The molecule has 104 valence electrons. The zero-order chi connectivity index (χ0) is 13.7. The molecule has 1 spiro atoms. The van der Waals surface area contributed by atoms with Crippen LogP contribution in [0.4, 0.5) is 0 Å². The van der Waals surface area contributed by atoms with Crippen molar-refractivity contribution in [3.63, 3.8) is 0 Å². The van der Waals surface area contributed by atoms with Crippen LogP contribution in [-0.2, 0) is 16.6 Å². The molecule has 2 atom stereocenters. The van der Waals surface area contributed by atoms with Crippen molar-refractivity contribution in [1.29, 1.82) is 0 Å². The van der Waals surface area contributed by atoms with Crippen molar-refractivity contribution in [3.8, 4) is 0 Å². The Bertz CT molecular complexity index is 636. The maximum Gasteiger partial charge on any atom is 0.331 e. The highest BCUT2D eigenvalue weighted by Gasteiger charge is 2.89. The van der Waals surface area contributed by atoms with Gasteiger partial charge in [-0.1, -0.05) is 11.7 Å². The Hall–Kier alpha value is -1.65. The van der Waals surface area contributed by atoms with Crippen LogP contribution in [0, 0.1) is 23.2 Å². The van der Waals surface area contributed by atoms with Gasteiger partial charge >= 0.3 is 5.97 Å². The van der Waals surface area contributed by atoms with Crippen molar-refractivity contribution >= 4 is 5.97 Å². The van der Waals surface area contributed by atoms with E-state index in [1.807, 2.05) is 0 Å². The second kappa shape index (κ2) is 3.00. The average Bonchev–Trinajstić information content (AvgIpc) is 2.73. The summed E-state index contributed by atoms with van der Waals surface area (Å²) in [5.74, 6) is 2.91. The standard InChI is InChI=1S/C15H16N2O3/c1-7(12(18)19)2-11-16-13(17-20-11)14-5-9-3-8-4-10(6-14)15(8,9)14/h8-10H,1-6H2,(H,18,19). The predicted octanol–water partition coefficient (Wildman–Crippen LogP) is 1.94. The summed E-state index contributed by atoms with van der Waals surface area (Å²) >= 11 is 0. The van der Waals surface area contributed by atoms with Crippen molar-refractivity contribution in [2.75, 3.05) is 0 Å². The van der Waals surface area contributed by atoms with Crippen LogP contribution in [0.25, 0.3) is 0 Å². The number of hydrogen-bond donors (Lipinski definition) is 1. The lowest BCUT2D eigenvalue weighted by atomic mass is 9.13. The number of aliphatic carboxylic acids is 1. The summed E-state index contributed by atoms with van der Waals surface area (Å²) in [5.41, 5.74) is 0.798. The third kappa shape index (κ3) is 0.875. The van der Waals surface area contributed by atoms with Gasteiger partial charge in [-0.25, -0.2) is 4.79 Å². The molecule has 4 aliphatic rings. The molecule has 4 aliphatic carbocycles. The molecule has 0 radical (unpaired) electrons. The summed E-state index contributed by atoms with van der Waals surface area (Å²) in [6, 6.07) is 0. The smallest absolute Gasteiger partial charge is 0.331 e. The number of hydrogen-bond acceptors (Lipinski definition) is 4. The number of aromatic nitrogens is 2. The van der Waals surface area contributed by atoms with Gasteiger partial charge in [-0.2, -0.15) is 4.98 Å². The van der Waals surface area contributed by atoms with Gasteiger partial charge in [-0.3, -0.25) is 0 Å². The van der Waals surface area contributed by atoms with E-state index in [1.165, 1.54) is 25.7 Å². The third-order valence-corrected chi connectivity index (χ3v) is 6.75. The number of carboxylic acids is 1. The van der Waals surface area contributed by atoms with Crippen molar-refractivity contribution in [2.45, 2.75) is 37.5 Å². The van der Waals surface area contributed by atoms with Crippen molar-refractivity contribution in [2.24, 2.45) is 23.2 Å². The SMILES string of the molecule is C=C(Cc1nc(C23CC4CC5CC(C2)C543)no1)C(=O)O. The summed E-state index contributed by atoms with van der Waals surface area (Å²) in [7, 11) is 0. The molecule has 4 fully saturated rings. The normalized spacial score (nSPS) is 45.9. The van der Waals surface area contributed by atoms with Gasteiger partial charge in [0, 0.05) is 11.0 Å². The first kappa shape index (κ1) is 11.1. The lowest BCUT2D eigenvalue weighted by molar-refractivity contribution is -0.397. The summed E-state index contributed by atoms with van der Waals surface area (Å²) in [6.45, 7) is 3.51. The minimum atomic E-state index is -1.01. The second-order valence-corrected chi connectivity index (χ2v) is 7.08. The highest BCUT2D eigenvalue weighted by Crippen LogP contribution is 2.92. The molecule has 0 bridgehead atoms. The Morgan fingerprint density at radius 3 is 2.60 bits per heavy atom. The minimum absolute atomic E-state index is 0.0963. The molecule has 5 nitrogen and oxygen atoms in total. The molecule has 1 aromatic heterocycles. The topological polar surface area (TPSA) is 76.2 Å². The van der Waals surface area contributed by atoms with E-state index >= 15 is 0 Å². The summed E-state index contributed by atoms with van der Waals surface area (Å²) in [4.78, 5) is 15.3. The first-order valence-electron chi connectivity index (χ1n) is 7.32. The van der Waals surface area contributed by atoms with Crippen LogP contribution in [0.2, 0.25) is 0 Å². The van der Waals surface area contributed by atoms with Crippen LogP contribution in [0.1, 0.15) is 37.4 Å². The third-order valence-electron chi connectivity index (χ3n) is 6.75. The fourth-order valence-corrected chi connectivity index (χ4v) is 6.09. The van der Waals surface area contributed by atoms with E-state index in [2.05, 4.69) is 16.7 Å². The van der Waals surface area contributed by atoms with Gasteiger partial charge < -0.3 is 9.63 Å². The quantitative estimate of drug-likeness (QED) is 0.848. The van der Waals surface area contributed by atoms with Crippen LogP contribution in [0.3, 0.4) is 0 Å². The molecule has 1 heterocycles. The maximum absolute atomic E-state index is 10.8. The van der Waals surface area contributed by atoms with E-state index in [9.17, 15) is 4.79 Å². The summed E-state index contributed by atoms with van der Waals surface area (Å²) in [5, 5.41) is 13.0. The number of nitrogens with zero attached hydrogens (tertiary/aromatic N) is 2. The molecular weight excluding hydrogens is 256 g/mol. The van der Waals surface area contributed by atoms with Crippen LogP contribution in [0.5, 0.6) is 0 Å². The van der Waals surface area contributed by atoms with Gasteiger partial charge in [0.15, 0.2) is 5.82 Å². The van der Waals surface area contributed by atoms with E-state index in [4.69, 9.17) is 9.63 Å². The molecule has 0 aliphatic heterocycles. The maximum atomic E-state index is 10.8. The van der Waals surface area contributed by atoms with Crippen molar-refractivity contribution < 1.29 is 14.4 Å². The molecule has 0 saturated heterocycles. The van der Waals surface area contributed by atoms with Crippen molar-refractivity contribution in [3.05, 3.63) is 23.9 Å². The van der Waals surface area contributed by atoms with Gasteiger partial charge in [0.1, 0.15) is 0 Å². The van der Waals surface area contributed by atoms with Crippen LogP contribution in [0.15, 0.2) is 16.7 Å². The lowest BCUT2D eigenvalue weighted by Gasteiger charge is -2.90. The van der Waals surface area contributed by atoms with E-state index in [0.29, 0.717) is 11.3 Å². The zero-order valence-electron chi connectivity index (χ0n) is 11.1. The van der Waals surface area contributed by atoms with Crippen LogP contribution in [-0.4, -0.2) is 21.2 Å². The van der Waals surface area contributed by atoms with Crippen molar-refractivity contribution in [1.82, 2.24) is 10.1 Å². The highest BCUT2D eigenvalue weighted by atomic mass is 16.5. The van der Waals surface area contributed by atoms with Crippen LogP contribution >= 0.6 is 0 Å². The fourth-order valence-electron chi connectivity index (χ4n) is 6.09. The van der Waals surface area contributed by atoms with Gasteiger partial charge in [-0.05, 0) is 48.9 Å². The lowest BCUT2D eigenvalue weighted by Crippen LogP contribution is -2.87. The Kier molecular flexibility index (Phi) is 1.66. The summed E-state index contributed by atoms with van der Waals surface area (Å²) < 4.78 is 5.26. The van der Waals surface area contributed by atoms with E-state index in [-0.39, 0.29) is 17.4 Å². The molecule has 5 rings (SSSR count). The first-order chi connectivity index (χ1) is 9.58. The second-order valence-electron chi connectivity index (χ2n) is 7.08. The number of carboxylic acid groups (broad SMARTS) is 1. The Morgan fingerprint density at radius 2 is 2.05 bits per heavy atom. The molecule has 0 amide bonds. The number of rotatable bonds is 4. The predicted molar refractivity (Wildman–Crippen MR) is 67.8 cm³/mol. The molecule has 2 unspecified atom stereocenters. The molecule has 1 aromatic rings. The first-order valence-corrected chi connectivity index (χ1v) is 7.32. The fraction of sp³-hybridized carbons (Fsp3) is 0.667. The largest absolute Gasteiger partial charge is 0.478 e. The Labute approximate surface area is 116 Å². The van der Waals surface area contributed by atoms with E-state index in [0.717, 1.165) is 23.6 Å². The monoisotopic (exact) mass is 272 g/mol. The molecule has 4 saturated carbocycles. The summed E-state index contributed by atoms with van der Waals surface area (Å²) in [6.07, 6.45) is 5.36. The van der Waals surface area contributed by atoms with Gasteiger partial charge in [0.25, 0.3) is 0 Å². The van der Waals surface area contributed by atoms with E-state index in [1.54, 1.807) is 0 Å². The van der Waals surface area contributed by atoms with Gasteiger partial charge in [0.2, 0.25) is 5.89 Å². The minimum Gasteiger partial charge on any atom is -0.478 e. The Morgan fingerprint density at radius 1 is 1.35 bits per heavy atom. The average molecular weight is 272 g/mol.